The van der Waals surface area contributed by atoms with Gasteiger partial charge in [0.05, 0.1) is 0 Å². The lowest BCUT2D eigenvalue weighted by Gasteiger charge is -2.18. The van der Waals surface area contributed by atoms with E-state index in [1.54, 1.807) is 0 Å². The number of carbonyl (C=O) groups is 3. The molecule has 0 aliphatic carbocycles. The summed E-state index contributed by atoms with van der Waals surface area (Å²) in [5.74, 6) is -1.05. The van der Waals surface area contributed by atoms with Gasteiger partial charge in [0.1, 0.15) is 13.2 Å². The number of ether oxygens (including phenoxy) is 3. The predicted molar refractivity (Wildman–Crippen MR) is 297 cm³/mol. The number of hydrogen-bond donors (Lipinski definition) is 0. The molecule has 0 saturated carbocycles. The van der Waals surface area contributed by atoms with Gasteiger partial charge < -0.3 is 14.2 Å². The van der Waals surface area contributed by atoms with Crippen LogP contribution in [0.4, 0.5) is 0 Å². The summed E-state index contributed by atoms with van der Waals surface area (Å²) >= 11 is 0. The topological polar surface area (TPSA) is 78.9 Å². The lowest BCUT2D eigenvalue weighted by Crippen LogP contribution is -2.30. The Bertz CT molecular complexity index is 1700. The van der Waals surface area contributed by atoms with Crippen molar-refractivity contribution in [2.45, 2.75) is 181 Å². The Labute approximate surface area is 421 Å². The van der Waals surface area contributed by atoms with Crippen LogP contribution in [0.3, 0.4) is 0 Å². The molecule has 0 rings (SSSR count). The highest BCUT2D eigenvalue weighted by atomic mass is 16.6. The average molecular weight is 945 g/mol. The highest BCUT2D eigenvalue weighted by molar-refractivity contribution is 5.71. The molecule has 0 N–H and O–H groups in total. The average Bonchev–Trinajstić information content (AvgIpc) is 3.35. The third-order valence-electron chi connectivity index (χ3n) is 10.3. The molecule has 6 heteroatoms. The minimum Gasteiger partial charge on any atom is -0.462 e. The van der Waals surface area contributed by atoms with Crippen molar-refractivity contribution in [3.8, 4) is 0 Å². The third kappa shape index (κ3) is 53.3. The van der Waals surface area contributed by atoms with Crippen LogP contribution in [0.1, 0.15) is 175 Å². The zero-order valence-electron chi connectivity index (χ0n) is 43.2. The van der Waals surface area contributed by atoms with Crippen LogP contribution in [0, 0.1) is 0 Å². The summed E-state index contributed by atoms with van der Waals surface area (Å²) in [6, 6.07) is 0. The molecule has 0 bridgehead atoms. The molecule has 0 fully saturated rings. The van der Waals surface area contributed by atoms with E-state index in [1.165, 1.54) is 32.1 Å². The third-order valence-corrected chi connectivity index (χ3v) is 10.3. The van der Waals surface area contributed by atoms with Gasteiger partial charge >= 0.3 is 17.9 Å². The van der Waals surface area contributed by atoms with Crippen LogP contribution < -0.4 is 0 Å². The van der Waals surface area contributed by atoms with Crippen molar-refractivity contribution in [2.75, 3.05) is 13.2 Å². The van der Waals surface area contributed by atoms with E-state index in [2.05, 4.69) is 69.4 Å². The molecular formula is C63H92O6. The molecule has 0 heterocycles. The molecule has 0 aliphatic rings. The van der Waals surface area contributed by atoms with Crippen molar-refractivity contribution in [1.82, 2.24) is 0 Å². The number of carbonyl (C=O) groups excluding carboxylic acids is 3. The van der Waals surface area contributed by atoms with Gasteiger partial charge in [-0.25, -0.2) is 0 Å². The summed E-state index contributed by atoms with van der Waals surface area (Å²) in [4.78, 5) is 38.1. The standard InChI is InChI=1S/C63H92O6/c1-4-7-10-13-16-19-22-25-28-30-31-33-35-38-41-44-47-50-53-56-62(65)68-59-60(58-67-61(64)55-52-49-46-43-40-37-34-27-24-21-18-15-12-9-6-3)69-63(66)57-54-51-48-45-42-39-36-32-29-26-23-20-17-14-11-8-5-2/h7-8,10-11,13-14,16-33,35-36,38-39,41-42,60H,4-6,9,12,15,34,37,40,43-59H2,1-3H3/b10-7-,11-8-,16-13-,17-14-,21-18-,22-19-,23-20-,27-24-,28-25-,29-26-,31-30+,35-33-,36-32+,41-38-,42-39-. The summed E-state index contributed by atoms with van der Waals surface area (Å²) in [7, 11) is 0. The zero-order valence-corrected chi connectivity index (χ0v) is 43.2. The highest BCUT2D eigenvalue weighted by Gasteiger charge is 2.19. The quantitative estimate of drug-likeness (QED) is 0.0262. The Morgan fingerprint density at radius 3 is 0.913 bits per heavy atom. The number of allylic oxidation sites excluding steroid dienone is 30. The summed E-state index contributed by atoms with van der Waals surface area (Å²) in [6.45, 7) is 6.19. The van der Waals surface area contributed by atoms with E-state index in [4.69, 9.17) is 14.2 Å². The smallest absolute Gasteiger partial charge is 0.306 e. The molecular weight excluding hydrogens is 853 g/mol. The SMILES string of the molecule is CC\C=C/C=C\C=C/C=C\C=C\C=C/C=C\CCCCCC(=O)OCC(COC(=O)CCCCCCCC/C=C\C=C/CCCCC)OC(=O)CCCCC\C=C/C=C/C=C\C=C/C=C\C=C/CC. The second-order valence-corrected chi connectivity index (χ2v) is 16.7. The van der Waals surface area contributed by atoms with Crippen LogP contribution in [0.2, 0.25) is 0 Å². The monoisotopic (exact) mass is 945 g/mol. The Kier molecular flexibility index (Phi) is 50.7. The molecule has 0 aromatic rings. The van der Waals surface area contributed by atoms with Crippen molar-refractivity contribution < 1.29 is 28.6 Å². The first-order valence-electron chi connectivity index (χ1n) is 26.5. The fourth-order valence-corrected chi connectivity index (χ4v) is 6.33. The van der Waals surface area contributed by atoms with E-state index >= 15 is 0 Å². The maximum atomic E-state index is 12.8. The molecule has 69 heavy (non-hydrogen) atoms. The Morgan fingerprint density at radius 1 is 0.304 bits per heavy atom. The largest absolute Gasteiger partial charge is 0.462 e. The summed E-state index contributed by atoms with van der Waals surface area (Å²) in [6.07, 6.45) is 82.9. The molecule has 0 aliphatic heterocycles. The van der Waals surface area contributed by atoms with Gasteiger partial charge in [0.15, 0.2) is 6.10 Å². The Hall–Kier alpha value is -5.49. The molecule has 380 valence electrons. The highest BCUT2D eigenvalue weighted by Crippen LogP contribution is 2.12. The zero-order chi connectivity index (χ0) is 50.0. The lowest BCUT2D eigenvalue weighted by atomic mass is 10.1. The van der Waals surface area contributed by atoms with E-state index in [-0.39, 0.29) is 44.0 Å². The van der Waals surface area contributed by atoms with Gasteiger partial charge in [-0.1, -0.05) is 254 Å². The van der Waals surface area contributed by atoms with E-state index in [1.807, 2.05) is 134 Å². The Balaban J connectivity index is 4.66. The number of rotatable bonds is 44. The van der Waals surface area contributed by atoms with Crippen molar-refractivity contribution >= 4 is 17.9 Å². The fraction of sp³-hybridized carbons (Fsp3) is 0.476. The van der Waals surface area contributed by atoms with Gasteiger partial charge in [-0.05, 0) is 83.5 Å². The fourth-order valence-electron chi connectivity index (χ4n) is 6.33. The van der Waals surface area contributed by atoms with Gasteiger partial charge in [0.2, 0.25) is 0 Å². The minimum absolute atomic E-state index is 0.128. The maximum Gasteiger partial charge on any atom is 0.306 e. The van der Waals surface area contributed by atoms with E-state index in [0.29, 0.717) is 19.3 Å². The van der Waals surface area contributed by atoms with Gasteiger partial charge in [-0.2, -0.15) is 0 Å². The van der Waals surface area contributed by atoms with Crippen LogP contribution in [0.15, 0.2) is 182 Å². The molecule has 0 amide bonds. The van der Waals surface area contributed by atoms with Crippen LogP contribution in [-0.2, 0) is 28.6 Å². The summed E-state index contributed by atoms with van der Waals surface area (Å²) < 4.78 is 16.7. The van der Waals surface area contributed by atoms with Gasteiger partial charge in [0.25, 0.3) is 0 Å². The van der Waals surface area contributed by atoms with Gasteiger partial charge in [-0.15, -0.1) is 0 Å². The number of esters is 3. The molecule has 6 nitrogen and oxygen atoms in total. The number of hydrogen-bond acceptors (Lipinski definition) is 6. The lowest BCUT2D eigenvalue weighted by molar-refractivity contribution is -0.167. The predicted octanol–water partition coefficient (Wildman–Crippen LogP) is 17.7. The molecule has 0 saturated heterocycles. The van der Waals surface area contributed by atoms with Crippen LogP contribution in [-0.4, -0.2) is 37.2 Å². The molecule has 0 radical (unpaired) electrons. The Morgan fingerprint density at radius 2 is 0.565 bits per heavy atom. The molecule has 0 aromatic carbocycles. The summed E-state index contributed by atoms with van der Waals surface area (Å²) in [5, 5.41) is 0. The van der Waals surface area contributed by atoms with Crippen molar-refractivity contribution in [3.63, 3.8) is 0 Å². The second kappa shape index (κ2) is 55.1. The first-order valence-corrected chi connectivity index (χ1v) is 26.5. The second-order valence-electron chi connectivity index (χ2n) is 16.7. The van der Waals surface area contributed by atoms with Crippen molar-refractivity contribution in [1.29, 1.82) is 0 Å². The van der Waals surface area contributed by atoms with Crippen molar-refractivity contribution in [3.05, 3.63) is 182 Å². The summed E-state index contributed by atoms with van der Waals surface area (Å²) in [5.41, 5.74) is 0. The van der Waals surface area contributed by atoms with E-state index in [0.717, 1.165) is 89.9 Å². The van der Waals surface area contributed by atoms with Crippen LogP contribution in [0.5, 0.6) is 0 Å². The maximum absolute atomic E-state index is 12.8. The molecule has 1 unspecified atom stereocenters. The first-order chi connectivity index (χ1) is 34.0. The van der Waals surface area contributed by atoms with Crippen molar-refractivity contribution in [2.24, 2.45) is 0 Å². The van der Waals surface area contributed by atoms with Gasteiger partial charge in [0, 0.05) is 19.3 Å². The molecule has 0 spiro atoms. The normalized spacial score (nSPS) is 13.6. The van der Waals surface area contributed by atoms with Gasteiger partial charge in [-0.3, -0.25) is 14.4 Å². The molecule has 1 atom stereocenters. The molecule has 0 aromatic heterocycles. The minimum atomic E-state index is -0.837. The van der Waals surface area contributed by atoms with E-state index in [9.17, 15) is 14.4 Å². The van der Waals surface area contributed by atoms with E-state index < -0.39 is 6.10 Å². The van der Waals surface area contributed by atoms with Crippen LogP contribution >= 0.6 is 0 Å². The van der Waals surface area contributed by atoms with Crippen LogP contribution in [0.25, 0.3) is 0 Å². The number of unbranched alkanes of at least 4 members (excludes halogenated alkanes) is 15. The first kappa shape index (κ1) is 63.5.